The molecule has 0 aromatic heterocycles. The summed E-state index contributed by atoms with van der Waals surface area (Å²) in [7, 11) is 0. The summed E-state index contributed by atoms with van der Waals surface area (Å²) in [6.07, 6.45) is 7.53. The normalized spacial score (nSPS) is 41.4. The minimum absolute atomic E-state index is 0.0460. The maximum absolute atomic E-state index is 12.0. The zero-order valence-corrected chi connectivity index (χ0v) is 13.8. The number of hydrogen-bond donors (Lipinski definition) is 1. The summed E-state index contributed by atoms with van der Waals surface area (Å²) >= 11 is 0. The topological polar surface area (TPSA) is 46.5 Å². The van der Waals surface area contributed by atoms with Crippen molar-refractivity contribution in [2.45, 2.75) is 58.2 Å². The van der Waals surface area contributed by atoms with Crippen molar-refractivity contribution < 1.29 is 14.6 Å². The van der Waals surface area contributed by atoms with Gasteiger partial charge in [-0.1, -0.05) is 25.2 Å². The van der Waals surface area contributed by atoms with Gasteiger partial charge < -0.3 is 9.84 Å². The van der Waals surface area contributed by atoms with Gasteiger partial charge in [0.2, 0.25) is 0 Å². The average molecular weight is 303 g/mol. The highest BCUT2D eigenvalue weighted by atomic mass is 16.5. The van der Waals surface area contributed by atoms with Gasteiger partial charge in [0.25, 0.3) is 0 Å². The van der Waals surface area contributed by atoms with Crippen molar-refractivity contribution in [2.75, 3.05) is 0 Å². The minimum Gasteiger partial charge on any atom is -0.457 e. The standard InChI is InChI=1S/C19H27O3/c1-11(2)15-8-5-13(4)19(21)10-17(12(3)9-16(15)19)22-18(20)14-6-7-14/h9-10,13-17,21H,1,5-8H2,2-4H3/t13-,15+,16+,17-,19-/m1/s1. The Labute approximate surface area is 133 Å². The predicted octanol–water partition coefficient (Wildman–Crippen LogP) is 3.44. The summed E-state index contributed by atoms with van der Waals surface area (Å²) in [6.45, 7) is 10.2. The van der Waals surface area contributed by atoms with Crippen molar-refractivity contribution in [1.82, 2.24) is 0 Å². The quantitative estimate of drug-likeness (QED) is 0.642. The molecule has 3 nitrogen and oxygen atoms in total. The monoisotopic (exact) mass is 303 g/mol. The molecule has 1 radical (unpaired) electrons. The highest BCUT2D eigenvalue weighted by molar-refractivity contribution is 5.75. The smallest absolute Gasteiger partial charge is 0.309 e. The maximum Gasteiger partial charge on any atom is 0.309 e. The molecule has 0 heterocycles. The van der Waals surface area contributed by atoms with Crippen LogP contribution in [-0.2, 0) is 9.53 Å². The van der Waals surface area contributed by atoms with Gasteiger partial charge in [0.15, 0.2) is 0 Å². The number of fused-ring (bicyclic) bond motifs is 1. The molecule has 0 saturated heterocycles. The van der Waals surface area contributed by atoms with Crippen molar-refractivity contribution in [3.63, 3.8) is 0 Å². The molecule has 5 atom stereocenters. The van der Waals surface area contributed by atoms with Crippen LogP contribution in [0.25, 0.3) is 0 Å². The Balaban J connectivity index is 1.85. The Kier molecular flexibility index (Phi) is 3.96. The van der Waals surface area contributed by atoms with E-state index in [0.717, 1.165) is 36.8 Å². The molecule has 0 spiro atoms. The molecule has 0 aliphatic heterocycles. The average Bonchev–Trinajstić information content (AvgIpc) is 3.26. The first-order valence-electron chi connectivity index (χ1n) is 8.45. The van der Waals surface area contributed by atoms with E-state index in [1.807, 2.05) is 20.3 Å². The van der Waals surface area contributed by atoms with E-state index in [1.165, 1.54) is 0 Å². The first-order valence-corrected chi connectivity index (χ1v) is 8.45. The molecule has 0 aromatic carbocycles. The summed E-state index contributed by atoms with van der Waals surface area (Å²) in [4.78, 5) is 12.0. The first kappa shape index (κ1) is 15.8. The van der Waals surface area contributed by atoms with Gasteiger partial charge in [-0.15, -0.1) is 0 Å². The minimum atomic E-state index is -0.907. The Morgan fingerprint density at radius 1 is 1.36 bits per heavy atom. The molecule has 3 rings (SSSR count). The van der Waals surface area contributed by atoms with Crippen molar-refractivity contribution in [1.29, 1.82) is 0 Å². The third-order valence-corrected chi connectivity index (χ3v) is 5.76. The molecule has 0 aromatic rings. The van der Waals surface area contributed by atoms with Crippen molar-refractivity contribution in [2.24, 2.45) is 23.7 Å². The summed E-state index contributed by atoms with van der Waals surface area (Å²) < 4.78 is 5.64. The molecule has 0 unspecified atom stereocenters. The lowest BCUT2D eigenvalue weighted by molar-refractivity contribution is -0.151. The third-order valence-electron chi connectivity index (χ3n) is 5.76. The van der Waals surface area contributed by atoms with E-state index in [4.69, 9.17) is 4.74 Å². The van der Waals surface area contributed by atoms with Crippen molar-refractivity contribution in [3.8, 4) is 0 Å². The lowest BCUT2D eigenvalue weighted by Crippen LogP contribution is -2.55. The van der Waals surface area contributed by atoms with Crippen molar-refractivity contribution in [3.05, 3.63) is 30.2 Å². The van der Waals surface area contributed by atoms with Gasteiger partial charge in [-0.05, 0) is 56.9 Å². The molecule has 0 amide bonds. The summed E-state index contributed by atoms with van der Waals surface area (Å²) in [5, 5.41) is 11.3. The van der Waals surface area contributed by atoms with E-state index >= 15 is 0 Å². The fourth-order valence-electron chi connectivity index (χ4n) is 3.99. The maximum atomic E-state index is 12.0. The number of esters is 1. The summed E-state index contributed by atoms with van der Waals surface area (Å²) in [5.41, 5.74) is 1.25. The SMILES string of the molecule is C=C(C)[C@@H]1CC[C@@H](C)[C@]2(O)[CH][C@@H](OC(=O)C3CC3)C(C)=C[C@@H]12. The molecule has 121 valence electrons. The van der Waals surface area contributed by atoms with E-state index in [1.54, 1.807) is 0 Å². The van der Waals surface area contributed by atoms with E-state index in [2.05, 4.69) is 19.6 Å². The van der Waals surface area contributed by atoms with Crippen LogP contribution in [0.3, 0.4) is 0 Å². The first-order chi connectivity index (χ1) is 10.3. The van der Waals surface area contributed by atoms with Gasteiger partial charge in [-0.2, -0.15) is 0 Å². The number of carbonyl (C=O) groups excluding carboxylic acids is 1. The molecular weight excluding hydrogens is 276 g/mol. The van der Waals surface area contributed by atoms with Crippen LogP contribution in [0, 0.1) is 30.1 Å². The number of aliphatic hydroxyl groups is 1. The van der Waals surface area contributed by atoms with Gasteiger partial charge >= 0.3 is 5.97 Å². The van der Waals surface area contributed by atoms with Crippen LogP contribution in [0.4, 0.5) is 0 Å². The predicted molar refractivity (Wildman–Crippen MR) is 85.8 cm³/mol. The Bertz CT molecular complexity index is 517. The van der Waals surface area contributed by atoms with Crippen LogP contribution in [0.1, 0.15) is 46.5 Å². The summed E-state index contributed by atoms with van der Waals surface area (Å²) in [6, 6.07) is 0. The molecule has 22 heavy (non-hydrogen) atoms. The number of rotatable bonds is 3. The molecular formula is C19H27O3. The van der Waals surface area contributed by atoms with Crippen LogP contribution >= 0.6 is 0 Å². The molecule has 3 aliphatic rings. The fraction of sp³-hybridized carbons (Fsp3) is 0.684. The summed E-state index contributed by atoms with van der Waals surface area (Å²) in [5.74, 6) is 0.480. The zero-order valence-electron chi connectivity index (χ0n) is 13.8. The molecule has 3 heteroatoms. The van der Waals surface area contributed by atoms with Crippen LogP contribution in [0.15, 0.2) is 23.8 Å². The Morgan fingerprint density at radius 2 is 2.05 bits per heavy atom. The van der Waals surface area contributed by atoms with Gasteiger partial charge in [-0.25, -0.2) is 0 Å². The van der Waals surface area contributed by atoms with E-state index in [9.17, 15) is 9.90 Å². The van der Waals surface area contributed by atoms with Crippen LogP contribution in [-0.4, -0.2) is 22.8 Å². The highest BCUT2D eigenvalue weighted by Crippen LogP contribution is 2.50. The number of allylic oxidation sites excluding steroid dienone is 1. The van der Waals surface area contributed by atoms with Gasteiger partial charge in [0.05, 0.1) is 11.5 Å². The number of ether oxygens (including phenoxy) is 1. The van der Waals surface area contributed by atoms with E-state index < -0.39 is 5.60 Å². The fourth-order valence-corrected chi connectivity index (χ4v) is 3.99. The lowest BCUT2D eigenvalue weighted by atomic mass is 9.58. The molecule has 0 bridgehead atoms. The largest absolute Gasteiger partial charge is 0.457 e. The molecule has 2 fully saturated rings. The highest BCUT2D eigenvalue weighted by Gasteiger charge is 2.52. The molecule has 1 N–H and O–H groups in total. The Hall–Kier alpha value is -1.09. The second kappa shape index (κ2) is 5.52. The van der Waals surface area contributed by atoms with Crippen molar-refractivity contribution >= 4 is 5.97 Å². The van der Waals surface area contributed by atoms with Gasteiger partial charge in [-0.3, -0.25) is 4.79 Å². The van der Waals surface area contributed by atoms with E-state index in [-0.39, 0.29) is 29.8 Å². The Morgan fingerprint density at radius 3 is 2.64 bits per heavy atom. The number of carbonyl (C=O) groups is 1. The zero-order chi connectivity index (χ0) is 16.1. The second-order valence-electron chi connectivity index (χ2n) is 7.55. The van der Waals surface area contributed by atoms with Crippen LogP contribution in [0.2, 0.25) is 0 Å². The third kappa shape index (κ3) is 2.64. The van der Waals surface area contributed by atoms with Crippen LogP contribution in [0.5, 0.6) is 0 Å². The van der Waals surface area contributed by atoms with Gasteiger partial charge in [0.1, 0.15) is 6.10 Å². The van der Waals surface area contributed by atoms with Crippen LogP contribution < -0.4 is 0 Å². The number of hydrogen-bond acceptors (Lipinski definition) is 3. The molecule has 3 aliphatic carbocycles. The van der Waals surface area contributed by atoms with Gasteiger partial charge in [0, 0.05) is 12.3 Å². The molecule has 2 saturated carbocycles. The van der Waals surface area contributed by atoms with E-state index in [0.29, 0.717) is 5.92 Å². The second-order valence-corrected chi connectivity index (χ2v) is 7.55. The lowest BCUT2D eigenvalue weighted by Gasteiger charge is -2.51.